The molecule has 2 amide bonds. The number of esters is 1. The largest absolute Gasteiger partial charge is 0.491 e. The monoisotopic (exact) mass is 426 g/mol. The molecule has 0 aromatic heterocycles. The number of rotatable bonds is 11. The lowest BCUT2D eigenvalue weighted by Crippen LogP contribution is -2.41. The van der Waals surface area contributed by atoms with Crippen LogP contribution in [0.25, 0.3) is 0 Å². The topological polar surface area (TPSA) is 103 Å². The van der Waals surface area contributed by atoms with Crippen molar-refractivity contribution in [3.63, 3.8) is 0 Å². The maximum absolute atomic E-state index is 12.5. The number of carbonyl (C=O) groups excluding carboxylic acids is 3. The second-order valence-corrected chi connectivity index (χ2v) is 7.54. The van der Waals surface area contributed by atoms with Gasteiger partial charge in [0.1, 0.15) is 30.7 Å². The van der Waals surface area contributed by atoms with Crippen LogP contribution in [-0.4, -0.2) is 56.5 Å². The molecule has 0 bridgehead atoms. The molecule has 1 aromatic carbocycles. The van der Waals surface area contributed by atoms with Crippen molar-refractivity contribution >= 4 is 18.0 Å². The Morgan fingerprint density at radius 1 is 1.17 bits per heavy atom. The predicted octanol–water partition coefficient (Wildman–Crippen LogP) is 3.00. The van der Waals surface area contributed by atoms with E-state index < -0.39 is 36.3 Å². The van der Waals surface area contributed by atoms with Crippen LogP contribution in [0.3, 0.4) is 0 Å². The van der Waals surface area contributed by atoms with E-state index in [0.29, 0.717) is 31.6 Å². The summed E-state index contributed by atoms with van der Waals surface area (Å²) in [4.78, 5) is 36.1. The van der Waals surface area contributed by atoms with Gasteiger partial charge in [0, 0.05) is 12.1 Å². The molecular weight excluding hydrogens is 395 g/mol. The third kappa shape index (κ3) is 10.1. The highest BCUT2D eigenvalue weighted by atomic mass is 19.1. The van der Waals surface area contributed by atoms with Crippen LogP contribution >= 0.6 is 0 Å². The van der Waals surface area contributed by atoms with E-state index in [-0.39, 0.29) is 12.2 Å². The molecule has 0 saturated heterocycles. The summed E-state index contributed by atoms with van der Waals surface area (Å²) >= 11 is 0. The number of alkyl carbamates (subject to hydrolysis) is 1. The molecule has 9 heteroatoms. The number of hydrogen-bond donors (Lipinski definition) is 2. The molecule has 2 N–H and O–H groups in total. The fraction of sp³-hybridized carbons (Fsp3) is 0.571. The Balaban J connectivity index is 2.53. The van der Waals surface area contributed by atoms with Gasteiger partial charge in [-0.05, 0) is 58.2 Å². The standard InChI is InChI=1S/C21H31FN2O6/c1-21(2,3)30-20(27)23-12-6-5-10-17(19(26)28-4)24-18(25)15-8-7-9-16(14-15)29-13-11-22/h7-9,14,17H,5-6,10-13H2,1-4H3,(H,23,27)(H,24,25)/t17-/m0/s1. The summed E-state index contributed by atoms with van der Waals surface area (Å²) in [6.07, 6.45) is 0.993. The quantitative estimate of drug-likeness (QED) is 0.417. The van der Waals surface area contributed by atoms with Crippen molar-refractivity contribution in [2.24, 2.45) is 0 Å². The zero-order chi connectivity index (χ0) is 22.6. The summed E-state index contributed by atoms with van der Waals surface area (Å²) in [5, 5.41) is 5.28. The van der Waals surface area contributed by atoms with Gasteiger partial charge in [-0.3, -0.25) is 4.79 Å². The molecule has 0 spiro atoms. The summed E-state index contributed by atoms with van der Waals surface area (Å²) in [6.45, 7) is 4.97. The maximum Gasteiger partial charge on any atom is 0.407 e. The van der Waals surface area contributed by atoms with E-state index in [1.54, 1.807) is 39.0 Å². The Morgan fingerprint density at radius 2 is 1.90 bits per heavy atom. The van der Waals surface area contributed by atoms with Crippen LogP contribution in [0.2, 0.25) is 0 Å². The molecule has 8 nitrogen and oxygen atoms in total. The van der Waals surface area contributed by atoms with Crippen molar-refractivity contribution in [3.8, 4) is 5.75 Å². The second kappa shape index (κ2) is 12.7. The third-order valence-corrected chi connectivity index (χ3v) is 3.82. The summed E-state index contributed by atoms with van der Waals surface area (Å²) in [5.74, 6) is -0.667. The van der Waals surface area contributed by atoms with E-state index in [1.165, 1.54) is 13.2 Å². The fourth-order valence-electron chi connectivity index (χ4n) is 2.49. The zero-order valence-corrected chi connectivity index (χ0v) is 18.0. The average molecular weight is 426 g/mol. The van der Waals surface area contributed by atoms with E-state index in [4.69, 9.17) is 14.2 Å². The van der Waals surface area contributed by atoms with Crippen LogP contribution in [-0.2, 0) is 14.3 Å². The average Bonchev–Trinajstić information content (AvgIpc) is 2.69. The van der Waals surface area contributed by atoms with Gasteiger partial charge in [-0.2, -0.15) is 0 Å². The van der Waals surface area contributed by atoms with Gasteiger partial charge in [0.25, 0.3) is 5.91 Å². The van der Waals surface area contributed by atoms with Crippen molar-refractivity contribution in [3.05, 3.63) is 29.8 Å². The molecule has 0 heterocycles. The SMILES string of the molecule is COC(=O)[C@H](CCCCNC(=O)OC(C)(C)C)NC(=O)c1cccc(OCCF)c1. The molecule has 30 heavy (non-hydrogen) atoms. The molecule has 0 aliphatic rings. The van der Waals surface area contributed by atoms with E-state index in [0.717, 1.165) is 0 Å². The first-order valence-corrected chi connectivity index (χ1v) is 9.80. The summed E-state index contributed by atoms with van der Waals surface area (Å²) in [7, 11) is 1.25. The Bertz CT molecular complexity index is 705. The van der Waals surface area contributed by atoms with Crippen molar-refractivity contribution in [2.75, 3.05) is 26.9 Å². The van der Waals surface area contributed by atoms with Crippen LogP contribution in [0.4, 0.5) is 9.18 Å². The molecule has 1 aromatic rings. The van der Waals surface area contributed by atoms with Gasteiger partial charge in [0.05, 0.1) is 7.11 Å². The first-order chi connectivity index (χ1) is 14.2. The Labute approximate surface area is 176 Å². The number of unbranched alkanes of at least 4 members (excludes halogenated alkanes) is 1. The highest BCUT2D eigenvalue weighted by molar-refractivity contribution is 5.97. The second-order valence-electron chi connectivity index (χ2n) is 7.54. The molecule has 0 unspecified atom stereocenters. The van der Waals surface area contributed by atoms with Crippen LogP contribution in [0.1, 0.15) is 50.4 Å². The van der Waals surface area contributed by atoms with E-state index in [1.807, 2.05) is 0 Å². The van der Waals surface area contributed by atoms with Crippen LogP contribution in [0.5, 0.6) is 5.75 Å². The van der Waals surface area contributed by atoms with Gasteiger partial charge in [-0.15, -0.1) is 0 Å². The summed E-state index contributed by atoms with van der Waals surface area (Å²) < 4.78 is 27.3. The van der Waals surface area contributed by atoms with Crippen LogP contribution in [0.15, 0.2) is 24.3 Å². The fourth-order valence-corrected chi connectivity index (χ4v) is 2.49. The zero-order valence-electron chi connectivity index (χ0n) is 18.0. The lowest BCUT2D eigenvalue weighted by molar-refractivity contribution is -0.143. The number of ether oxygens (including phenoxy) is 3. The van der Waals surface area contributed by atoms with Gasteiger partial charge in [-0.25, -0.2) is 14.0 Å². The molecule has 1 atom stereocenters. The van der Waals surface area contributed by atoms with Crippen molar-refractivity contribution in [1.29, 1.82) is 0 Å². The lowest BCUT2D eigenvalue weighted by atomic mass is 10.1. The molecule has 0 fully saturated rings. The predicted molar refractivity (Wildman–Crippen MR) is 109 cm³/mol. The minimum absolute atomic E-state index is 0.104. The number of alkyl halides is 1. The molecule has 0 saturated carbocycles. The Hall–Kier alpha value is -2.84. The number of nitrogens with one attached hydrogen (secondary N) is 2. The summed E-state index contributed by atoms with van der Waals surface area (Å²) in [6, 6.07) is 5.43. The first-order valence-electron chi connectivity index (χ1n) is 9.80. The highest BCUT2D eigenvalue weighted by Crippen LogP contribution is 2.14. The number of carbonyl (C=O) groups is 3. The number of amides is 2. The number of hydrogen-bond acceptors (Lipinski definition) is 6. The normalized spacial score (nSPS) is 11.9. The third-order valence-electron chi connectivity index (χ3n) is 3.82. The number of methoxy groups -OCH3 is 1. The maximum atomic E-state index is 12.5. The Morgan fingerprint density at radius 3 is 2.53 bits per heavy atom. The first kappa shape index (κ1) is 25.2. The van der Waals surface area contributed by atoms with E-state index in [9.17, 15) is 18.8 Å². The summed E-state index contributed by atoms with van der Waals surface area (Å²) in [5.41, 5.74) is -0.287. The number of benzene rings is 1. The van der Waals surface area contributed by atoms with Crippen molar-refractivity contribution in [1.82, 2.24) is 10.6 Å². The van der Waals surface area contributed by atoms with Gasteiger partial charge in [-0.1, -0.05) is 6.07 Å². The minimum Gasteiger partial charge on any atom is -0.491 e. The van der Waals surface area contributed by atoms with Crippen LogP contribution < -0.4 is 15.4 Å². The molecular formula is C21H31FN2O6. The smallest absolute Gasteiger partial charge is 0.407 e. The van der Waals surface area contributed by atoms with Crippen molar-refractivity contribution in [2.45, 2.75) is 51.7 Å². The number of halogens is 1. The van der Waals surface area contributed by atoms with Gasteiger partial charge in [0.15, 0.2) is 0 Å². The highest BCUT2D eigenvalue weighted by Gasteiger charge is 2.22. The minimum atomic E-state index is -0.834. The van der Waals surface area contributed by atoms with Gasteiger partial charge >= 0.3 is 12.1 Å². The molecule has 0 aliphatic carbocycles. The van der Waals surface area contributed by atoms with Crippen molar-refractivity contribution < 1.29 is 33.0 Å². The molecule has 1 rings (SSSR count). The lowest BCUT2D eigenvalue weighted by Gasteiger charge is -2.20. The van der Waals surface area contributed by atoms with E-state index >= 15 is 0 Å². The molecule has 168 valence electrons. The molecule has 0 aliphatic heterocycles. The Kier molecular flexibility index (Phi) is 10.6. The van der Waals surface area contributed by atoms with Crippen LogP contribution in [0, 0.1) is 0 Å². The molecule has 0 radical (unpaired) electrons. The van der Waals surface area contributed by atoms with Gasteiger partial charge < -0.3 is 24.8 Å². The van der Waals surface area contributed by atoms with Gasteiger partial charge in [0.2, 0.25) is 0 Å². The van der Waals surface area contributed by atoms with E-state index in [2.05, 4.69) is 10.6 Å².